The minimum Gasteiger partial charge on any atom is -0.440 e. The summed E-state index contributed by atoms with van der Waals surface area (Å²) in [5.74, 6) is 1.64. The van der Waals surface area contributed by atoms with Gasteiger partial charge in [0.1, 0.15) is 0 Å². The van der Waals surface area contributed by atoms with E-state index in [0.717, 1.165) is 0 Å². The standard InChI is InChI=1S/C15H11NO3/c1-3-8-16-12-7-5-4-6-11(12)15(14(16)18)9-10(2)13(17)19-15/h1,4-7H,2,8-9H2. The third-order valence-electron chi connectivity index (χ3n) is 3.49. The van der Waals surface area contributed by atoms with Crippen LogP contribution in [0.15, 0.2) is 36.4 Å². The van der Waals surface area contributed by atoms with Crippen molar-refractivity contribution in [3.63, 3.8) is 0 Å². The maximum Gasteiger partial charge on any atom is 0.335 e. The number of carbonyl (C=O) groups is 2. The molecule has 0 N–H and O–H groups in total. The van der Waals surface area contributed by atoms with Crippen LogP contribution in [0.4, 0.5) is 5.69 Å². The van der Waals surface area contributed by atoms with Crippen LogP contribution in [0.1, 0.15) is 12.0 Å². The Balaban J connectivity index is 2.18. The summed E-state index contributed by atoms with van der Waals surface area (Å²) < 4.78 is 5.34. The summed E-state index contributed by atoms with van der Waals surface area (Å²) in [5, 5.41) is 0. The van der Waals surface area contributed by atoms with E-state index in [2.05, 4.69) is 12.5 Å². The van der Waals surface area contributed by atoms with Crippen LogP contribution in [0.5, 0.6) is 0 Å². The van der Waals surface area contributed by atoms with Gasteiger partial charge in [0.2, 0.25) is 5.60 Å². The van der Waals surface area contributed by atoms with Crippen LogP contribution >= 0.6 is 0 Å². The van der Waals surface area contributed by atoms with Crippen LogP contribution in [0, 0.1) is 12.3 Å². The Labute approximate surface area is 110 Å². The van der Waals surface area contributed by atoms with Gasteiger partial charge in [-0.05, 0) is 6.07 Å². The number of terminal acetylenes is 1. The predicted molar refractivity (Wildman–Crippen MR) is 69.2 cm³/mol. The number of hydrogen-bond acceptors (Lipinski definition) is 3. The van der Waals surface area contributed by atoms with Crippen molar-refractivity contribution in [2.45, 2.75) is 12.0 Å². The lowest BCUT2D eigenvalue weighted by molar-refractivity contribution is -0.156. The highest BCUT2D eigenvalue weighted by molar-refractivity contribution is 6.11. The number of rotatable bonds is 1. The van der Waals surface area contributed by atoms with Crippen molar-refractivity contribution in [3.05, 3.63) is 42.0 Å². The van der Waals surface area contributed by atoms with E-state index in [0.29, 0.717) is 16.8 Å². The van der Waals surface area contributed by atoms with Gasteiger partial charge in [0, 0.05) is 17.6 Å². The lowest BCUT2D eigenvalue weighted by Gasteiger charge is -2.21. The van der Waals surface area contributed by atoms with E-state index in [1.807, 2.05) is 12.1 Å². The van der Waals surface area contributed by atoms with Crippen molar-refractivity contribution in [2.75, 3.05) is 11.4 Å². The van der Waals surface area contributed by atoms with E-state index in [1.54, 1.807) is 12.1 Å². The number of amides is 1. The van der Waals surface area contributed by atoms with Crippen LogP contribution in [0.25, 0.3) is 0 Å². The Morgan fingerprint density at radius 1 is 1.42 bits per heavy atom. The number of hydrogen-bond donors (Lipinski definition) is 0. The second kappa shape index (κ2) is 3.72. The highest BCUT2D eigenvalue weighted by Crippen LogP contribution is 2.49. The van der Waals surface area contributed by atoms with Gasteiger partial charge >= 0.3 is 5.97 Å². The number of carbonyl (C=O) groups excluding carboxylic acids is 2. The summed E-state index contributed by atoms with van der Waals surface area (Å²) in [7, 11) is 0. The molecule has 1 saturated heterocycles. The zero-order valence-corrected chi connectivity index (χ0v) is 10.2. The van der Waals surface area contributed by atoms with E-state index in [9.17, 15) is 9.59 Å². The van der Waals surface area contributed by atoms with Gasteiger partial charge in [0.15, 0.2) is 0 Å². The largest absolute Gasteiger partial charge is 0.440 e. The van der Waals surface area contributed by atoms with Gasteiger partial charge in [-0.15, -0.1) is 6.42 Å². The summed E-state index contributed by atoms with van der Waals surface area (Å²) in [5.41, 5.74) is 0.433. The van der Waals surface area contributed by atoms with E-state index in [4.69, 9.17) is 11.2 Å². The van der Waals surface area contributed by atoms with E-state index < -0.39 is 11.6 Å². The maximum atomic E-state index is 12.6. The van der Waals surface area contributed by atoms with E-state index in [-0.39, 0.29) is 18.9 Å². The first kappa shape index (κ1) is 11.5. The molecule has 0 aliphatic carbocycles. The van der Waals surface area contributed by atoms with Gasteiger partial charge in [-0.1, -0.05) is 30.7 Å². The smallest absolute Gasteiger partial charge is 0.335 e. The Kier molecular flexibility index (Phi) is 2.26. The average molecular weight is 253 g/mol. The number of fused-ring (bicyclic) bond motifs is 2. The number of para-hydroxylation sites is 1. The van der Waals surface area contributed by atoms with Gasteiger partial charge in [-0.2, -0.15) is 0 Å². The molecule has 4 heteroatoms. The first-order valence-electron chi connectivity index (χ1n) is 5.86. The molecule has 1 unspecified atom stereocenters. The van der Waals surface area contributed by atoms with Crippen LogP contribution in [-0.4, -0.2) is 18.4 Å². The molecule has 2 aliphatic heterocycles. The highest BCUT2D eigenvalue weighted by Gasteiger charge is 2.58. The fraction of sp³-hybridized carbons (Fsp3) is 0.200. The molecule has 1 spiro atoms. The first-order valence-corrected chi connectivity index (χ1v) is 5.86. The second-order valence-corrected chi connectivity index (χ2v) is 4.61. The molecule has 1 aromatic rings. The number of nitrogens with zero attached hydrogens (tertiary/aromatic N) is 1. The SMILES string of the molecule is C#CCN1C(=O)C2(CC(=C)C(=O)O2)c2ccccc21. The van der Waals surface area contributed by atoms with E-state index in [1.165, 1.54) is 4.90 Å². The number of benzene rings is 1. The van der Waals surface area contributed by atoms with Crippen molar-refractivity contribution in [1.82, 2.24) is 0 Å². The molecule has 0 saturated carbocycles. The highest BCUT2D eigenvalue weighted by atomic mass is 16.6. The van der Waals surface area contributed by atoms with Gasteiger partial charge in [0.05, 0.1) is 12.2 Å². The quantitative estimate of drug-likeness (QED) is 0.431. The van der Waals surface area contributed by atoms with Gasteiger partial charge in [-0.3, -0.25) is 9.69 Å². The molecule has 94 valence electrons. The van der Waals surface area contributed by atoms with Gasteiger partial charge in [-0.25, -0.2) is 4.79 Å². The normalized spacial score (nSPS) is 24.6. The van der Waals surface area contributed by atoms with Crippen LogP contribution in [0.2, 0.25) is 0 Å². The Bertz CT molecular complexity index is 638. The van der Waals surface area contributed by atoms with Gasteiger partial charge < -0.3 is 4.74 Å². The molecule has 2 aliphatic rings. The van der Waals surface area contributed by atoms with Crippen molar-refractivity contribution in [3.8, 4) is 12.3 Å². The topological polar surface area (TPSA) is 46.6 Å². The summed E-state index contributed by atoms with van der Waals surface area (Å²) in [6.45, 7) is 3.80. The average Bonchev–Trinajstić information content (AvgIpc) is 2.82. The molecular weight excluding hydrogens is 242 g/mol. The minimum absolute atomic E-state index is 0.154. The molecule has 19 heavy (non-hydrogen) atoms. The Morgan fingerprint density at radius 2 is 2.16 bits per heavy atom. The summed E-state index contributed by atoms with van der Waals surface area (Å²) in [6, 6.07) is 7.21. The van der Waals surface area contributed by atoms with Crippen LogP contribution < -0.4 is 4.90 Å². The zero-order valence-electron chi connectivity index (χ0n) is 10.2. The second-order valence-electron chi connectivity index (χ2n) is 4.61. The number of esters is 1. The zero-order chi connectivity index (χ0) is 13.6. The maximum absolute atomic E-state index is 12.6. The van der Waals surface area contributed by atoms with Crippen molar-refractivity contribution >= 4 is 17.6 Å². The molecule has 4 nitrogen and oxygen atoms in total. The molecule has 0 radical (unpaired) electrons. The Hall–Kier alpha value is -2.54. The van der Waals surface area contributed by atoms with Gasteiger partial charge in [0.25, 0.3) is 5.91 Å². The molecule has 0 bridgehead atoms. The van der Waals surface area contributed by atoms with Crippen molar-refractivity contribution in [1.29, 1.82) is 0 Å². The minimum atomic E-state index is -1.26. The third kappa shape index (κ3) is 1.36. The Morgan fingerprint density at radius 3 is 2.79 bits per heavy atom. The fourth-order valence-electron chi connectivity index (χ4n) is 2.65. The molecule has 1 aromatic carbocycles. The fourth-order valence-corrected chi connectivity index (χ4v) is 2.65. The monoisotopic (exact) mass is 253 g/mol. The molecule has 0 aromatic heterocycles. The van der Waals surface area contributed by atoms with Crippen molar-refractivity contribution < 1.29 is 14.3 Å². The van der Waals surface area contributed by atoms with E-state index >= 15 is 0 Å². The molecule has 1 amide bonds. The number of ether oxygens (including phenoxy) is 1. The molecule has 1 fully saturated rings. The summed E-state index contributed by atoms with van der Waals surface area (Å²) in [6.07, 6.45) is 5.48. The molecule has 1 atom stereocenters. The summed E-state index contributed by atoms with van der Waals surface area (Å²) >= 11 is 0. The third-order valence-corrected chi connectivity index (χ3v) is 3.49. The first-order chi connectivity index (χ1) is 9.10. The molecule has 3 rings (SSSR count). The predicted octanol–water partition coefficient (Wildman–Crippen LogP) is 1.36. The summed E-state index contributed by atoms with van der Waals surface area (Å²) in [4.78, 5) is 25.7. The van der Waals surface area contributed by atoms with Crippen molar-refractivity contribution in [2.24, 2.45) is 0 Å². The lowest BCUT2D eigenvalue weighted by atomic mass is 9.91. The van der Waals surface area contributed by atoms with Crippen LogP contribution in [0.3, 0.4) is 0 Å². The lowest BCUT2D eigenvalue weighted by Crippen LogP contribution is -2.40. The molecule has 2 heterocycles. The van der Waals surface area contributed by atoms with Crippen LogP contribution in [-0.2, 0) is 19.9 Å². The number of anilines is 1. The molecular formula is C15H11NO3.